The Labute approximate surface area is 130 Å². The number of benzene rings is 1. The Bertz CT molecular complexity index is 588. The Morgan fingerprint density at radius 3 is 2.68 bits per heavy atom. The van der Waals surface area contributed by atoms with Gasteiger partial charge in [0.05, 0.1) is 20.7 Å². The highest BCUT2D eigenvalue weighted by molar-refractivity contribution is 5.78. The van der Waals surface area contributed by atoms with Crippen LogP contribution in [0.2, 0.25) is 0 Å². The Kier molecular flexibility index (Phi) is 3.08. The van der Waals surface area contributed by atoms with Crippen molar-refractivity contribution in [1.29, 1.82) is 0 Å². The van der Waals surface area contributed by atoms with Crippen LogP contribution in [0.4, 0.5) is 0 Å². The molecule has 6 unspecified atom stereocenters. The number of rotatable bonds is 4. The Morgan fingerprint density at radius 1 is 1.36 bits per heavy atom. The monoisotopic (exact) mass is 304 g/mol. The molecule has 5 heteroatoms. The van der Waals surface area contributed by atoms with Crippen molar-refractivity contribution in [3.05, 3.63) is 35.9 Å². The number of fused-ring (bicyclic) bond motifs is 5. The minimum absolute atomic E-state index is 0.103. The third-order valence-corrected chi connectivity index (χ3v) is 5.69. The number of hydrogen-bond donors (Lipinski definition) is 1. The molecular weight excluding hydrogens is 282 g/mol. The van der Waals surface area contributed by atoms with Crippen molar-refractivity contribution < 1.29 is 23.9 Å². The summed E-state index contributed by atoms with van der Waals surface area (Å²) in [5, 5.41) is 9.59. The highest BCUT2D eigenvalue weighted by Crippen LogP contribution is 2.54. The quantitative estimate of drug-likeness (QED) is 0.505. The molecule has 3 saturated heterocycles. The number of nitrogens with zero attached hydrogens (tertiary/aromatic N) is 1. The van der Waals surface area contributed by atoms with E-state index in [9.17, 15) is 9.90 Å². The second kappa shape index (κ2) is 4.78. The van der Waals surface area contributed by atoms with Crippen molar-refractivity contribution in [3.8, 4) is 0 Å². The zero-order chi connectivity index (χ0) is 15.5. The van der Waals surface area contributed by atoms with E-state index in [1.807, 2.05) is 30.3 Å². The number of quaternary nitrogens is 1. The minimum atomic E-state index is -0.605. The minimum Gasteiger partial charge on any atom is -0.455 e. The number of aliphatic hydroxyl groups excluding tert-OH is 1. The van der Waals surface area contributed by atoms with E-state index in [-0.39, 0.29) is 30.8 Å². The molecule has 3 heterocycles. The second-order valence-electron chi connectivity index (χ2n) is 7.11. The number of hydrogen-bond acceptors (Lipinski definition) is 4. The largest absolute Gasteiger partial charge is 0.455 e. The predicted octanol–water partition coefficient (Wildman–Crippen LogP) is 0.673. The molecule has 1 aromatic rings. The van der Waals surface area contributed by atoms with Crippen molar-refractivity contribution in [2.24, 2.45) is 0 Å². The van der Waals surface area contributed by atoms with Gasteiger partial charge in [0.1, 0.15) is 24.2 Å². The zero-order valence-corrected chi connectivity index (χ0v) is 12.9. The summed E-state index contributed by atoms with van der Waals surface area (Å²) in [6.07, 6.45) is 1.36. The van der Waals surface area contributed by atoms with Crippen LogP contribution in [0.1, 0.15) is 17.9 Å². The predicted molar refractivity (Wildman–Crippen MR) is 79.1 cm³/mol. The van der Waals surface area contributed by atoms with Gasteiger partial charge in [-0.25, -0.2) is 0 Å². The number of aliphatic hydroxyl groups is 1. The van der Waals surface area contributed by atoms with Gasteiger partial charge in [-0.05, 0) is 5.56 Å². The number of esters is 1. The number of morpholine rings is 1. The molecule has 1 aromatic carbocycles. The lowest BCUT2D eigenvalue weighted by Crippen LogP contribution is -2.51. The van der Waals surface area contributed by atoms with E-state index < -0.39 is 5.92 Å². The van der Waals surface area contributed by atoms with Crippen LogP contribution in [-0.4, -0.2) is 66.7 Å². The van der Waals surface area contributed by atoms with Gasteiger partial charge in [-0.2, -0.15) is 0 Å². The molecule has 5 nitrogen and oxygen atoms in total. The van der Waals surface area contributed by atoms with Crippen LogP contribution in [0.15, 0.2) is 30.3 Å². The number of likely N-dealkylation sites (N-methyl/N-ethyl adjacent to an activating group) is 1. The smallest absolute Gasteiger partial charge is 0.316 e. The Hall–Kier alpha value is -1.43. The average Bonchev–Trinajstić information content (AvgIpc) is 3.19. The van der Waals surface area contributed by atoms with Crippen molar-refractivity contribution in [1.82, 2.24) is 0 Å². The maximum absolute atomic E-state index is 12.5. The van der Waals surface area contributed by atoms with Gasteiger partial charge >= 0.3 is 5.97 Å². The summed E-state index contributed by atoms with van der Waals surface area (Å²) in [4.78, 5) is 12.5. The van der Waals surface area contributed by atoms with Gasteiger partial charge in [0.2, 0.25) is 0 Å². The van der Waals surface area contributed by atoms with Gasteiger partial charge in [0.25, 0.3) is 0 Å². The SMILES string of the molecule is C[N+]1(C)C2CC(OC(=O)C(CO)c3ccccc3)C1C1OC12. The molecule has 4 rings (SSSR count). The van der Waals surface area contributed by atoms with E-state index in [0.717, 1.165) is 16.5 Å². The molecular formula is C17H22NO4+. The molecule has 118 valence electrons. The van der Waals surface area contributed by atoms with Gasteiger partial charge < -0.3 is 19.1 Å². The molecule has 1 N–H and O–H groups in total. The topological polar surface area (TPSA) is 59.1 Å². The van der Waals surface area contributed by atoms with Crippen LogP contribution in [-0.2, 0) is 14.3 Å². The molecule has 6 atom stereocenters. The van der Waals surface area contributed by atoms with E-state index in [0.29, 0.717) is 12.1 Å². The van der Waals surface area contributed by atoms with Gasteiger partial charge in [-0.15, -0.1) is 0 Å². The number of ether oxygens (including phenoxy) is 2. The van der Waals surface area contributed by atoms with E-state index in [1.54, 1.807) is 0 Å². The fraction of sp³-hybridized carbons (Fsp3) is 0.588. The first-order chi connectivity index (χ1) is 10.5. The fourth-order valence-electron chi connectivity index (χ4n) is 4.47. The molecule has 22 heavy (non-hydrogen) atoms. The summed E-state index contributed by atoms with van der Waals surface area (Å²) in [7, 11) is 4.39. The van der Waals surface area contributed by atoms with Crippen LogP contribution in [0.5, 0.6) is 0 Å². The van der Waals surface area contributed by atoms with Crippen molar-refractivity contribution >= 4 is 5.97 Å². The van der Waals surface area contributed by atoms with Gasteiger partial charge in [0.15, 0.2) is 12.1 Å². The molecule has 0 aliphatic carbocycles. The molecule has 3 aliphatic heterocycles. The highest BCUT2D eigenvalue weighted by Gasteiger charge is 2.75. The molecule has 0 aromatic heterocycles. The van der Waals surface area contributed by atoms with Crippen LogP contribution < -0.4 is 0 Å². The summed E-state index contributed by atoms with van der Waals surface area (Å²) < 4.78 is 12.4. The van der Waals surface area contributed by atoms with Crippen LogP contribution >= 0.6 is 0 Å². The highest BCUT2D eigenvalue weighted by atomic mass is 16.6. The summed E-state index contributed by atoms with van der Waals surface area (Å²) in [5.74, 6) is -0.935. The maximum Gasteiger partial charge on any atom is 0.316 e. The lowest BCUT2D eigenvalue weighted by atomic mass is 9.96. The van der Waals surface area contributed by atoms with E-state index >= 15 is 0 Å². The second-order valence-corrected chi connectivity index (χ2v) is 7.11. The van der Waals surface area contributed by atoms with Crippen LogP contribution in [0.25, 0.3) is 0 Å². The molecule has 0 amide bonds. The average molecular weight is 304 g/mol. The van der Waals surface area contributed by atoms with E-state index in [4.69, 9.17) is 9.47 Å². The first kappa shape index (κ1) is 14.2. The number of epoxide rings is 1. The third kappa shape index (κ3) is 1.93. The summed E-state index contributed by atoms with van der Waals surface area (Å²) in [6, 6.07) is 9.98. The summed E-state index contributed by atoms with van der Waals surface area (Å²) >= 11 is 0. The molecule has 0 spiro atoms. The molecule has 0 saturated carbocycles. The lowest BCUT2D eigenvalue weighted by molar-refractivity contribution is -0.920. The van der Waals surface area contributed by atoms with E-state index in [2.05, 4.69) is 14.1 Å². The van der Waals surface area contributed by atoms with Gasteiger partial charge in [0, 0.05) is 6.42 Å². The summed E-state index contributed by atoms with van der Waals surface area (Å²) in [5.41, 5.74) is 0.799. The number of carbonyl (C=O) groups is 1. The van der Waals surface area contributed by atoms with Crippen LogP contribution in [0, 0.1) is 0 Å². The molecule has 3 aliphatic rings. The molecule has 3 fully saturated rings. The number of carbonyl (C=O) groups excluding carboxylic acids is 1. The van der Waals surface area contributed by atoms with Crippen molar-refractivity contribution in [3.63, 3.8) is 0 Å². The van der Waals surface area contributed by atoms with Crippen LogP contribution in [0.3, 0.4) is 0 Å². The van der Waals surface area contributed by atoms with Gasteiger partial charge in [-0.1, -0.05) is 30.3 Å². The lowest BCUT2D eigenvalue weighted by Gasteiger charge is -2.32. The standard InChI is InChI=1S/C17H22NO4/c1-18(2)12-8-13(14(18)16-15(12)22-16)21-17(20)11(9-19)10-6-4-3-5-7-10/h3-7,11-16,19H,8-9H2,1-2H3/q+1. The first-order valence-corrected chi connectivity index (χ1v) is 7.89. The summed E-state index contributed by atoms with van der Waals surface area (Å²) in [6.45, 7) is -0.232. The third-order valence-electron chi connectivity index (χ3n) is 5.69. The maximum atomic E-state index is 12.5. The molecule has 2 bridgehead atoms. The first-order valence-electron chi connectivity index (χ1n) is 7.89. The molecule has 0 radical (unpaired) electrons. The normalized spacial score (nSPS) is 38.4. The Balaban J connectivity index is 1.49. The zero-order valence-electron chi connectivity index (χ0n) is 12.9. The van der Waals surface area contributed by atoms with Crippen molar-refractivity contribution in [2.45, 2.75) is 42.7 Å². The van der Waals surface area contributed by atoms with E-state index in [1.165, 1.54) is 0 Å². The Morgan fingerprint density at radius 2 is 2.09 bits per heavy atom. The fourth-order valence-corrected chi connectivity index (χ4v) is 4.47. The van der Waals surface area contributed by atoms with Gasteiger partial charge in [-0.3, -0.25) is 4.79 Å². The van der Waals surface area contributed by atoms with Crippen molar-refractivity contribution in [2.75, 3.05) is 20.7 Å².